The summed E-state index contributed by atoms with van der Waals surface area (Å²) in [6.45, 7) is 1.17. The summed E-state index contributed by atoms with van der Waals surface area (Å²) in [5.74, 6) is -2.13. The fraction of sp³-hybridized carbons (Fsp3) is 0.385. The number of carbonyl (C=O) groups is 3. The van der Waals surface area contributed by atoms with Crippen LogP contribution in [0, 0.1) is 5.41 Å². The molecule has 2 amide bonds. The second kappa shape index (κ2) is 6.96. The molecule has 0 aromatic rings. The minimum Gasteiger partial charge on any atom is -0.515 e. The number of aliphatic hydroxyl groups excluding tert-OH is 2. The molecular weight excluding hydrogens is 292 g/mol. The predicted octanol–water partition coefficient (Wildman–Crippen LogP) is -1.50. The molecule has 0 bridgehead atoms. The molecule has 3 atom stereocenters. The van der Waals surface area contributed by atoms with Gasteiger partial charge in [-0.1, -0.05) is 0 Å². The van der Waals surface area contributed by atoms with Crippen LogP contribution in [0.5, 0.6) is 0 Å². The normalized spacial score (nSPS) is 18.6. The number of aliphatic hydroxyl groups is 2. The van der Waals surface area contributed by atoms with E-state index in [0.717, 1.165) is 22.0 Å². The molecule has 1 aliphatic rings. The number of carbonyl (C=O) groups excluding carboxylic acids is 3. The van der Waals surface area contributed by atoms with Crippen molar-refractivity contribution >= 4 is 23.4 Å². The van der Waals surface area contributed by atoms with Gasteiger partial charge >= 0.3 is 0 Å². The average Bonchev–Trinajstić information content (AvgIpc) is 2.74. The summed E-state index contributed by atoms with van der Waals surface area (Å²) >= 11 is 0. The fourth-order valence-corrected chi connectivity index (χ4v) is 2.28. The molecule has 0 saturated carbocycles. The summed E-state index contributed by atoms with van der Waals surface area (Å²) in [7, 11) is 1.27. The molecule has 9 heteroatoms. The number of amidine groups is 1. The highest BCUT2D eigenvalue weighted by atomic mass is 16.3. The lowest BCUT2D eigenvalue weighted by Crippen LogP contribution is -2.63. The molecule has 0 aromatic heterocycles. The summed E-state index contributed by atoms with van der Waals surface area (Å²) in [5.41, 5.74) is 5.47. The highest BCUT2D eigenvalue weighted by Gasteiger charge is 2.43. The lowest BCUT2D eigenvalue weighted by atomic mass is 9.99. The minimum atomic E-state index is -1.66. The van der Waals surface area contributed by atoms with Crippen molar-refractivity contribution < 1.29 is 24.6 Å². The highest BCUT2D eigenvalue weighted by Crippen LogP contribution is 2.19. The number of likely N-dealkylation sites (N-methyl/N-ethyl adjacent to an activating group) is 1. The number of amides is 2. The first-order valence-corrected chi connectivity index (χ1v) is 6.33. The van der Waals surface area contributed by atoms with Gasteiger partial charge in [-0.05, 0) is 13.0 Å². The Balaban J connectivity index is 3.24. The standard InChI is InChI=1S/C13H18N4O5/c1-7(19)11(16(2)9(20)5-6-18)12(13(15)22)17-8(14)3-4-10(17)21/h3-6,11-14,18,22H,15H2,1-2H3/b6-5-,14-8?. The van der Waals surface area contributed by atoms with Crippen molar-refractivity contribution in [1.29, 1.82) is 5.41 Å². The van der Waals surface area contributed by atoms with Gasteiger partial charge in [0.15, 0.2) is 5.78 Å². The molecule has 5 N–H and O–H groups in total. The van der Waals surface area contributed by atoms with Crippen molar-refractivity contribution in [2.45, 2.75) is 25.2 Å². The summed E-state index contributed by atoms with van der Waals surface area (Å²) in [4.78, 5) is 37.4. The summed E-state index contributed by atoms with van der Waals surface area (Å²) < 4.78 is 0. The maximum Gasteiger partial charge on any atom is 0.252 e. The molecule has 9 nitrogen and oxygen atoms in total. The Morgan fingerprint density at radius 3 is 2.41 bits per heavy atom. The van der Waals surface area contributed by atoms with Gasteiger partial charge in [0, 0.05) is 19.2 Å². The van der Waals surface area contributed by atoms with Crippen LogP contribution >= 0.6 is 0 Å². The summed E-state index contributed by atoms with van der Waals surface area (Å²) in [5, 5.41) is 26.2. The maximum absolute atomic E-state index is 11.9. The van der Waals surface area contributed by atoms with Crippen molar-refractivity contribution in [2.24, 2.45) is 5.73 Å². The molecule has 0 aliphatic carbocycles. The van der Waals surface area contributed by atoms with E-state index in [9.17, 15) is 19.5 Å². The van der Waals surface area contributed by atoms with E-state index < -0.39 is 35.9 Å². The van der Waals surface area contributed by atoms with Gasteiger partial charge in [0.2, 0.25) is 5.91 Å². The third-order valence-corrected chi connectivity index (χ3v) is 3.25. The van der Waals surface area contributed by atoms with Crippen LogP contribution in [0.2, 0.25) is 0 Å². The van der Waals surface area contributed by atoms with Crippen molar-refractivity contribution in [1.82, 2.24) is 9.80 Å². The lowest BCUT2D eigenvalue weighted by Gasteiger charge is -2.38. The van der Waals surface area contributed by atoms with Crippen LogP contribution in [0.3, 0.4) is 0 Å². The molecule has 1 rings (SSSR count). The Morgan fingerprint density at radius 1 is 1.45 bits per heavy atom. The second-order valence-electron chi connectivity index (χ2n) is 4.73. The first kappa shape index (κ1) is 17.5. The van der Waals surface area contributed by atoms with Crippen molar-refractivity contribution in [3.05, 3.63) is 24.5 Å². The van der Waals surface area contributed by atoms with Gasteiger partial charge in [0.1, 0.15) is 24.1 Å². The molecule has 1 aliphatic heterocycles. The molecule has 1 heterocycles. The van der Waals surface area contributed by atoms with Gasteiger partial charge in [-0.2, -0.15) is 0 Å². The maximum atomic E-state index is 11.9. The van der Waals surface area contributed by atoms with Crippen LogP contribution in [-0.4, -0.2) is 68.8 Å². The third-order valence-electron chi connectivity index (χ3n) is 3.25. The Kier molecular flexibility index (Phi) is 5.55. The topological polar surface area (TPSA) is 148 Å². The number of nitrogens with two attached hydrogens (primary N) is 1. The molecule has 120 valence electrons. The largest absolute Gasteiger partial charge is 0.515 e. The Morgan fingerprint density at radius 2 is 2.05 bits per heavy atom. The van der Waals surface area contributed by atoms with E-state index in [1.165, 1.54) is 20.0 Å². The molecule has 0 spiro atoms. The van der Waals surface area contributed by atoms with E-state index in [-0.39, 0.29) is 5.84 Å². The van der Waals surface area contributed by atoms with E-state index in [1.807, 2.05) is 0 Å². The van der Waals surface area contributed by atoms with Crippen LogP contribution in [0.1, 0.15) is 6.92 Å². The number of rotatable bonds is 6. The number of hydrogen-bond acceptors (Lipinski definition) is 7. The fourth-order valence-electron chi connectivity index (χ4n) is 2.28. The number of nitrogens with zero attached hydrogens (tertiary/aromatic N) is 2. The Hall–Kier alpha value is -2.52. The number of hydrogen-bond donors (Lipinski definition) is 4. The molecule has 0 radical (unpaired) electrons. The smallest absolute Gasteiger partial charge is 0.252 e. The molecule has 22 heavy (non-hydrogen) atoms. The molecule has 0 aromatic carbocycles. The summed E-state index contributed by atoms with van der Waals surface area (Å²) in [6.07, 6.45) is 1.96. The second-order valence-corrected chi connectivity index (χ2v) is 4.73. The van der Waals surface area contributed by atoms with E-state index in [0.29, 0.717) is 6.26 Å². The predicted molar refractivity (Wildman–Crippen MR) is 76.7 cm³/mol. The number of ketones is 1. The third kappa shape index (κ3) is 3.38. The van der Waals surface area contributed by atoms with Gasteiger partial charge < -0.3 is 20.8 Å². The summed E-state index contributed by atoms with van der Waals surface area (Å²) in [6, 6.07) is -2.61. The number of nitrogens with one attached hydrogen (secondary N) is 1. The average molecular weight is 310 g/mol. The first-order valence-electron chi connectivity index (χ1n) is 6.33. The highest BCUT2D eigenvalue weighted by molar-refractivity contribution is 6.14. The molecular formula is C13H18N4O5. The van der Waals surface area contributed by atoms with Crippen molar-refractivity contribution in [2.75, 3.05) is 7.05 Å². The van der Waals surface area contributed by atoms with Crippen LogP contribution < -0.4 is 5.73 Å². The van der Waals surface area contributed by atoms with Crippen molar-refractivity contribution in [3.63, 3.8) is 0 Å². The van der Waals surface area contributed by atoms with Crippen LogP contribution in [-0.2, 0) is 14.4 Å². The van der Waals surface area contributed by atoms with Gasteiger partial charge in [-0.3, -0.25) is 24.7 Å². The van der Waals surface area contributed by atoms with E-state index in [4.69, 9.17) is 16.2 Å². The quantitative estimate of drug-likeness (QED) is 0.266. The van der Waals surface area contributed by atoms with E-state index >= 15 is 0 Å². The van der Waals surface area contributed by atoms with Crippen LogP contribution in [0.25, 0.3) is 0 Å². The Bertz CT molecular complexity index is 537. The van der Waals surface area contributed by atoms with Crippen LogP contribution in [0.15, 0.2) is 24.5 Å². The minimum absolute atomic E-state index is 0.246. The van der Waals surface area contributed by atoms with Crippen molar-refractivity contribution in [3.8, 4) is 0 Å². The SMILES string of the molecule is CC(=O)C(C(C(N)O)N1C(=N)C=CC1=O)N(C)C(=O)/C=C\O. The van der Waals surface area contributed by atoms with Gasteiger partial charge in [-0.15, -0.1) is 0 Å². The zero-order chi connectivity index (χ0) is 17.0. The van der Waals surface area contributed by atoms with Gasteiger partial charge in [0.05, 0.1) is 6.26 Å². The first-order chi connectivity index (χ1) is 10.2. The molecule has 0 saturated heterocycles. The van der Waals surface area contributed by atoms with E-state index in [1.54, 1.807) is 0 Å². The molecule has 3 unspecified atom stereocenters. The van der Waals surface area contributed by atoms with Crippen LogP contribution in [0.4, 0.5) is 0 Å². The van der Waals surface area contributed by atoms with Gasteiger partial charge in [-0.25, -0.2) is 0 Å². The lowest BCUT2D eigenvalue weighted by molar-refractivity contribution is -0.140. The van der Waals surface area contributed by atoms with Gasteiger partial charge in [0.25, 0.3) is 5.91 Å². The number of Topliss-reactive ketones (excluding diaryl/α,β-unsaturated/α-hetero) is 1. The Labute approximate surface area is 126 Å². The van der Waals surface area contributed by atoms with E-state index in [2.05, 4.69) is 0 Å². The monoisotopic (exact) mass is 310 g/mol. The zero-order valence-electron chi connectivity index (χ0n) is 12.1. The zero-order valence-corrected chi connectivity index (χ0v) is 12.1. The molecule has 0 fully saturated rings.